The molecule has 1 aromatic rings. The second-order valence-corrected chi connectivity index (χ2v) is 5.65. The SMILES string of the molecule is Cc1cccc(N2C(=O)C[C@H](N3CCOCC3)C2=O)c1C. The van der Waals surface area contributed by atoms with E-state index in [4.69, 9.17) is 4.74 Å². The maximum absolute atomic E-state index is 12.7. The quantitative estimate of drug-likeness (QED) is 0.769. The van der Waals surface area contributed by atoms with Crippen LogP contribution >= 0.6 is 0 Å². The molecule has 2 heterocycles. The van der Waals surface area contributed by atoms with Crippen LogP contribution in [-0.2, 0) is 14.3 Å². The number of ether oxygens (including phenoxy) is 1. The minimum atomic E-state index is -0.332. The minimum absolute atomic E-state index is 0.101. The van der Waals surface area contributed by atoms with Gasteiger partial charge in [0, 0.05) is 13.1 Å². The highest BCUT2D eigenvalue weighted by molar-refractivity contribution is 6.22. The molecule has 2 saturated heterocycles. The molecule has 0 radical (unpaired) electrons. The largest absolute Gasteiger partial charge is 0.379 e. The van der Waals surface area contributed by atoms with E-state index in [0.717, 1.165) is 16.8 Å². The Morgan fingerprint density at radius 2 is 1.86 bits per heavy atom. The molecule has 112 valence electrons. The van der Waals surface area contributed by atoms with Gasteiger partial charge in [-0.2, -0.15) is 0 Å². The van der Waals surface area contributed by atoms with E-state index in [1.807, 2.05) is 32.0 Å². The zero-order chi connectivity index (χ0) is 15.0. The molecule has 5 heteroatoms. The number of morpholine rings is 1. The highest BCUT2D eigenvalue weighted by atomic mass is 16.5. The van der Waals surface area contributed by atoms with E-state index < -0.39 is 0 Å². The van der Waals surface area contributed by atoms with Crippen LogP contribution in [0.2, 0.25) is 0 Å². The van der Waals surface area contributed by atoms with Gasteiger partial charge in [0.25, 0.3) is 5.91 Å². The van der Waals surface area contributed by atoms with Gasteiger partial charge in [-0.25, -0.2) is 4.90 Å². The van der Waals surface area contributed by atoms with Crippen LogP contribution in [0.1, 0.15) is 17.5 Å². The number of amides is 2. The van der Waals surface area contributed by atoms with E-state index in [1.54, 1.807) is 0 Å². The number of carbonyl (C=O) groups excluding carboxylic acids is 2. The van der Waals surface area contributed by atoms with Crippen LogP contribution in [0.15, 0.2) is 18.2 Å². The third kappa shape index (κ3) is 2.47. The molecule has 0 aromatic heterocycles. The van der Waals surface area contributed by atoms with Crippen molar-refractivity contribution in [2.75, 3.05) is 31.2 Å². The van der Waals surface area contributed by atoms with E-state index in [0.29, 0.717) is 26.3 Å². The van der Waals surface area contributed by atoms with E-state index in [2.05, 4.69) is 4.90 Å². The summed E-state index contributed by atoms with van der Waals surface area (Å²) in [5.74, 6) is -0.208. The molecule has 2 aliphatic heterocycles. The fraction of sp³-hybridized carbons (Fsp3) is 0.500. The van der Waals surface area contributed by atoms with Crippen molar-refractivity contribution in [3.8, 4) is 0 Å². The minimum Gasteiger partial charge on any atom is -0.379 e. The summed E-state index contributed by atoms with van der Waals surface area (Å²) in [6, 6.07) is 5.39. The fourth-order valence-electron chi connectivity index (χ4n) is 3.02. The van der Waals surface area contributed by atoms with Crippen LogP contribution in [0.4, 0.5) is 5.69 Å². The lowest BCUT2D eigenvalue weighted by Crippen LogP contribution is -2.47. The third-order valence-electron chi connectivity index (χ3n) is 4.43. The zero-order valence-corrected chi connectivity index (χ0v) is 12.5. The van der Waals surface area contributed by atoms with Gasteiger partial charge >= 0.3 is 0 Å². The molecular formula is C16H20N2O3. The number of hydrogen-bond donors (Lipinski definition) is 0. The summed E-state index contributed by atoms with van der Waals surface area (Å²) in [5, 5.41) is 0. The topological polar surface area (TPSA) is 49.9 Å². The second kappa shape index (κ2) is 5.58. The number of anilines is 1. The monoisotopic (exact) mass is 288 g/mol. The van der Waals surface area contributed by atoms with Gasteiger partial charge in [0.05, 0.1) is 31.4 Å². The van der Waals surface area contributed by atoms with Gasteiger partial charge in [0.1, 0.15) is 0 Å². The Morgan fingerprint density at radius 1 is 1.14 bits per heavy atom. The van der Waals surface area contributed by atoms with Crippen LogP contribution in [0, 0.1) is 13.8 Å². The molecule has 0 saturated carbocycles. The molecule has 21 heavy (non-hydrogen) atoms. The van der Waals surface area contributed by atoms with Gasteiger partial charge in [-0.05, 0) is 31.0 Å². The summed E-state index contributed by atoms with van der Waals surface area (Å²) in [4.78, 5) is 28.5. The van der Waals surface area contributed by atoms with Crippen molar-refractivity contribution in [2.24, 2.45) is 0 Å². The van der Waals surface area contributed by atoms with Crippen molar-refractivity contribution in [1.82, 2.24) is 4.90 Å². The zero-order valence-electron chi connectivity index (χ0n) is 12.5. The van der Waals surface area contributed by atoms with Crippen molar-refractivity contribution in [1.29, 1.82) is 0 Å². The van der Waals surface area contributed by atoms with Crippen molar-refractivity contribution in [3.63, 3.8) is 0 Å². The predicted octanol–water partition coefficient (Wildman–Crippen LogP) is 1.27. The number of imide groups is 1. The van der Waals surface area contributed by atoms with Gasteiger partial charge in [-0.3, -0.25) is 14.5 Å². The van der Waals surface area contributed by atoms with Gasteiger partial charge in [0.15, 0.2) is 0 Å². The van der Waals surface area contributed by atoms with Crippen LogP contribution in [0.5, 0.6) is 0 Å². The first-order valence-electron chi connectivity index (χ1n) is 7.34. The average molecular weight is 288 g/mol. The molecule has 0 unspecified atom stereocenters. The maximum atomic E-state index is 12.7. The first-order valence-corrected chi connectivity index (χ1v) is 7.34. The Kier molecular flexibility index (Phi) is 3.78. The number of nitrogens with zero attached hydrogens (tertiary/aromatic N) is 2. The van der Waals surface area contributed by atoms with Crippen molar-refractivity contribution in [3.05, 3.63) is 29.3 Å². The molecule has 0 bridgehead atoms. The van der Waals surface area contributed by atoms with Crippen LogP contribution in [-0.4, -0.2) is 49.1 Å². The first kappa shape index (κ1) is 14.2. The molecule has 0 spiro atoms. The Morgan fingerprint density at radius 3 is 2.57 bits per heavy atom. The highest BCUT2D eigenvalue weighted by Gasteiger charge is 2.43. The lowest BCUT2D eigenvalue weighted by atomic mass is 10.1. The van der Waals surface area contributed by atoms with E-state index in [9.17, 15) is 9.59 Å². The van der Waals surface area contributed by atoms with E-state index in [1.165, 1.54) is 4.90 Å². The summed E-state index contributed by atoms with van der Waals surface area (Å²) in [5.41, 5.74) is 2.80. The molecule has 2 fully saturated rings. The summed E-state index contributed by atoms with van der Waals surface area (Å²) < 4.78 is 5.32. The van der Waals surface area contributed by atoms with Gasteiger partial charge in [-0.1, -0.05) is 12.1 Å². The number of rotatable bonds is 2. The molecule has 2 amide bonds. The molecule has 5 nitrogen and oxygen atoms in total. The lowest BCUT2D eigenvalue weighted by molar-refractivity contribution is -0.123. The first-order chi connectivity index (χ1) is 10.1. The molecule has 0 aliphatic carbocycles. The van der Waals surface area contributed by atoms with E-state index in [-0.39, 0.29) is 24.3 Å². The second-order valence-electron chi connectivity index (χ2n) is 5.65. The van der Waals surface area contributed by atoms with Gasteiger partial charge in [-0.15, -0.1) is 0 Å². The molecule has 3 rings (SSSR count). The lowest BCUT2D eigenvalue weighted by Gasteiger charge is -2.30. The average Bonchev–Trinajstić information content (AvgIpc) is 2.78. The van der Waals surface area contributed by atoms with Crippen molar-refractivity contribution < 1.29 is 14.3 Å². The van der Waals surface area contributed by atoms with Crippen LogP contribution in [0.3, 0.4) is 0 Å². The number of carbonyl (C=O) groups is 2. The Balaban J connectivity index is 1.88. The molecule has 2 aliphatic rings. The molecule has 1 atom stereocenters. The molecular weight excluding hydrogens is 268 g/mol. The van der Waals surface area contributed by atoms with E-state index >= 15 is 0 Å². The Hall–Kier alpha value is -1.72. The summed E-state index contributed by atoms with van der Waals surface area (Å²) in [7, 11) is 0. The van der Waals surface area contributed by atoms with Crippen LogP contribution < -0.4 is 4.90 Å². The highest BCUT2D eigenvalue weighted by Crippen LogP contribution is 2.29. The summed E-state index contributed by atoms with van der Waals surface area (Å²) in [6.07, 6.45) is 0.270. The normalized spacial score (nSPS) is 23.9. The van der Waals surface area contributed by atoms with Gasteiger partial charge in [0.2, 0.25) is 5.91 Å². The third-order valence-corrected chi connectivity index (χ3v) is 4.43. The van der Waals surface area contributed by atoms with Gasteiger partial charge < -0.3 is 4.74 Å². The Labute approximate surface area is 124 Å². The number of hydrogen-bond acceptors (Lipinski definition) is 4. The van der Waals surface area contributed by atoms with Crippen molar-refractivity contribution >= 4 is 17.5 Å². The Bertz CT molecular complexity index is 579. The molecule has 1 aromatic carbocycles. The number of aryl methyl sites for hydroxylation is 1. The standard InChI is InChI=1S/C16H20N2O3/c1-11-4-3-5-13(12(11)2)18-15(19)10-14(16(18)20)17-6-8-21-9-7-17/h3-5,14H,6-10H2,1-2H3/t14-/m0/s1. The number of benzene rings is 1. The fourth-order valence-corrected chi connectivity index (χ4v) is 3.02. The smallest absolute Gasteiger partial charge is 0.251 e. The summed E-state index contributed by atoms with van der Waals surface area (Å²) in [6.45, 7) is 6.62. The summed E-state index contributed by atoms with van der Waals surface area (Å²) >= 11 is 0. The van der Waals surface area contributed by atoms with Crippen molar-refractivity contribution in [2.45, 2.75) is 26.3 Å². The van der Waals surface area contributed by atoms with Crippen LogP contribution in [0.25, 0.3) is 0 Å². The molecule has 0 N–H and O–H groups in total. The predicted molar refractivity (Wildman–Crippen MR) is 79.2 cm³/mol. The maximum Gasteiger partial charge on any atom is 0.251 e.